The molecule has 0 radical (unpaired) electrons. The molecule has 8 heteroatoms. The molecule has 0 saturated carbocycles. The summed E-state index contributed by atoms with van der Waals surface area (Å²) < 4.78 is 12.2. The number of rotatable bonds is 8. The average molecular weight is 400 g/mol. The van der Waals surface area contributed by atoms with E-state index >= 15 is 0 Å². The van der Waals surface area contributed by atoms with Crippen molar-refractivity contribution < 1.29 is 19.4 Å². The molecule has 0 fully saturated rings. The Morgan fingerprint density at radius 3 is 2.72 bits per heavy atom. The molecule has 0 aliphatic carbocycles. The third-order valence-electron chi connectivity index (χ3n) is 4.67. The normalized spacial score (nSPS) is 12.0. The maximum absolute atomic E-state index is 11.4. The van der Waals surface area contributed by atoms with Gasteiger partial charge in [-0.1, -0.05) is 12.1 Å². The Morgan fingerprint density at radius 2 is 2.07 bits per heavy atom. The van der Waals surface area contributed by atoms with E-state index in [1.54, 1.807) is 13.8 Å². The van der Waals surface area contributed by atoms with E-state index in [9.17, 15) is 9.90 Å². The number of aryl methyl sites for hydroxylation is 1. The van der Waals surface area contributed by atoms with Gasteiger partial charge in [0.2, 0.25) is 0 Å². The van der Waals surface area contributed by atoms with Crippen LogP contribution in [0.2, 0.25) is 0 Å². The van der Waals surface area contributed by atoms with E-state index < -0.39 is 5.60 Å². The summed E-state index contributed by atoms with van der Waals surface area (Å²) in [4.78, 5) is 20.6. The summed E-state index contributed by atoms with van der Waals surface area (Å²) in [5, 5.41) is 11.3. The van der Waals surface area contributed by atoms with Gasteiger partial charge in [-0.15, -0.1) is 0 Å². The lowest BCUT2D eigenvalue weighted by atomic mass is 10.1. The predicted octanol–water partition coefficient (Wildman–Crippen LogP) is 2.58. The molecule has 0 spiro atoms. The van der Waals surface area contributed by atoms with Gasteiger partial charge in [0.1, 0.15) is 17.9 Å². The number of nitrogens with zero attached hydrogens (tertiary/aromatic N) is 3. The number of anilines is 1. The lowest BCUT2D eigenvalue weighted by Gasteiger charge is -2.20. The highest BCUT2D eigenvalue weighted by Gasteiger charge is 2.22. The Bertz CT molecular complexity index is 1040. The Morgan fingerprint density at radius 1 is 1.31 bits per heavy atom. The number of benzene rings is 1. The highest BCUT2D eigenvalue weighted by atomic mass is 16.5. The van der Waals surface area contributed by atoms with E-state index in [0.717, 1.165) is 22.0 Å². The van der Waals surface area contributed by atoms with Crippen molar-refractivity contribution >= 4 is 33.7 Å². The van der Waals surface area contributed by atoms with Gasteiger partial charge in [-0.2, -0.15) is 0 Å². The summed E-state index contributed by atoms with van der Waals surface area (Å²) in [6.45, 7) is 6.64. The van der Waals surface area contributed by atoms with Crippen LogP contribution in [0.25, 0.3) is 21.9 Å². The number of methoxy groups -OCH3 is 1. The number of esters is 1. The predicted molar refractivity (Wildman–Crippen MR) is 111 cm³/mol. The van der Waals surface area contributed by atoms with Crippen LogP contribution in [0, 0.1) is 0 Å². The zero-order valence-electron chi connectivity index (χ0n) is 17.4. The number of nitrogens with two attached hydrogens (primary N) is 1. The number of pyridine rings is 1. The van der Waals surface area contributed by atoms with Crippen LogP contribution in [0.3, 0.4) is 0 Å². The van der Waals surface area contributed by atoms with Crippen LogP contribution < -0.4 is 5.73 Å². The van der Waals surface area contributed by atoms with Crippen LogP contribution in [0.1, 0.15) is 38.6 Å². The molecule has 2 aromatic heterocycles. The second-order valence-corrected chi connectivity index (χ2v) is 7.69. The number of fused-ring (bicyclic) bond motifs is 3. The fraction of sp³-hybridized carbons (Fsp3) is 0.476. The molecular formula is C21H28N4O4. The van der Waals surface area contributed by atoms with Gasteiger partial charge in [0.05, 0.1) is 30.3 Å². The minimum absolute atomic E-state index is 0.253. The summed E-state index contributed by atoms with van der Waals surface area (Å²) in [7, 11) is 1.38. The van der Waals surface area contributed by atoms with Crippen molar-refractivity contribution in [3.63, 3.8) is 0 Å². The number of ether oxygens (including phenoxy) is 2. The van der Waals surface area contributed by atoms with E-state index in [-0.39, 0.29) is 5.97 Å². The second kappa shape index (κ2) is 8.34. The summed E-state index contributed by atoms with van der Waals surface area (Å²) in [6.07, 6.45) is 0.857. The van der Waals surface area contributed by atoms with Crippen LogP contribution in [-0.4, -0.2) is 44.9 Å². The third-order valence-corrected chi connectivity index (χ3v) is 4.67. The van der Waals surface area contributed by atoms with Crippen molar-refractivity contribution in [2.75, 3.05) is 19.5 Å². The van der Waals surface area contributed by atoms with Gasteiger partial charge >= 0.3 is 5.97 Å². The van der Waals surface area contributed by atoms with E-state index in [2.05, 4.69) is 9.97 Å². The largest absolute Gasteiger partial charge is 0.469 e. The zero-order valence-corrected chi connectivity index (χ0v) is 17.4. The number of hydrogen-bond donors (Lipinski definition) is 2. The topological polar surface area (TPSA) is 112 Å². The molecule has 0 amide bonds. The molecule has 29 heavy (non-hydrogen) atoms. The Balaban J connectivity index is 2.15. The SMILES string of the molecule is CCOCc1nc2c(N)nc3cc(CCC(=O)OC)ccc3c2n1CC(C)(C)O. The van der Waals surface area contributed by atoms with Gasteiger partial charge < -0.3 is 24.9 Å². The molecule has 0 aliphatic rings. The molecule has 0 saturated heterocycles. The summed E-state index contributed by atoms with van der Waals surface area (Å²) in [5.41, 5.74) is 8.39. The number of carbonyl (C=O) groups is 1. The molecule has 0 aliphatic heterocycles. The summed E-state index contributed by atoms with van der Waals surface area (Å²) in [5.74, 6) is 0.765. The third kappa shape index (κ3) is 4.65. The van der Waals surface area contributed by atoms with E-state index in [4.69, 9.17) is 15.2 Å². The first kappa shape index (κ1) is 21.0. The standard InChI is InChI=1S/C21H28N4O4/c1-5-29-11-16-24-18-19(25(16)12-21(2,3)27)14-8-6-13(7-9-17(26)28-4)10-15(14)23-20(18)22/h6,8,10,27H,5,7,9,11-12H2,1-4H3,(H2,22,23). The van der Waals surface area contributed by atoms with Crippen LogP contribution in [-0.2, 0) is 33.8 Å². The van der Waals surface area contributed by atoms with E-state index in [0.29, 0.717) is 49.8 Å². The minimum atomic E-state index is -0.945. The molecular weight excluding hydrogens is 372 g/mol. The Kier molecular flexibility index (Phi) is 6.04. The molecule has 0 bridgehead atoms. The number of carbonyl (C=O) groups excluding carboxylic acids is 1. The van der Waals surface area contributed by atoms with Crippen molar-refractivity contribution in [1.82, 2.24) is 14.5 Å². The quantitative estimate of drug-likeness (QED) is 0.559. The molecule has 1 aromatic carbocycles. The lowest BCUT2D eigenvalue weighted by molar-refractivity contribution is -0.140. The fourth-order valence-electron chi connectivity index (χ4n) is 3.37. The summed E-state index contributed by atoms with van der Waals surface area (Å²) in [6, 6.07) is 5.85. The summed E-state index contributed by atoms with van der Waals surface area (Å²) >= 11 is 0. The van der Waals surface area contributed by atoms with Crippen molar-refractivity contribution in [3.8, 4) is 0 Å². The highest BCUT2D eigenvalue weighted by Crippen LogP contribution is 2.31. The maximum Gasteiger partial charge on any atom is 0.305 e. The van der Waals surface area contributed by atoms with Gasteiger partial charge in [-0.05, 0) is 38.8 Å². The molecule has 2 heterocycles. The van der Waals surface area contributed by atoms with Crippen molar-refractivity contribution in [3.05, 3.63) is 29.6 Å². The van der Waals surface area contributed by atoms with Gasteiger partial charge in [-0.25, -0.2) is 9.97 Å². The van der Waals surface area contributed by atoms with Gasteiger partial charge in [0.15, 0.2) is 5.82 Å². The smallest absolute Gasteiger partial charge is 0.305 e. The van der Waals surface area contributed by atoms with Crippen LogP contribution in [0.15, 0.2) is 18.2 Å². The Hall–Kier alpha value is -2.71. The fourth-order valence-corrected chi connectivity index (χ4v) is 3.37. The zero-order chi connectivity index (χ0) is 21.2. The maximum atomic E-state index is 11.4. The second-order valence-electron chi connectivity index (χ2n) is 7.69. The molecule has 0 atom stereocenters. The number of aliphatic hydroxyl groups is 1. The van der Waals surface area contributed by atoms with E-state index in [1.165, 1.54) is 7.11 Å². The van der Waals surface area contributed by atoms with Crippen LogP contribution in [0.5, 0.6) is 0 Å². The first-order valence-corrected chi connectivity index (χ1v) is 9.67. The molecule has 3 aromatic rings. The van der Waals surface area contributed by atoms with Crippen molar-refractivity contribution in [2.45, 2.75) is 52.4 Å². The molecule has 3 N–H and O–H groups in total. The van der Waals surface area contributed by atoms with Crippen molar-refractivity contribution in [1.29, 1.82) is 0 Å². The number of hydrogen-bond acceptors (Lipinski definition) is 7. The average Bonchev–Trinajstić information content (AvgIpc) is 3.01. The molecule has 8 nitrogen and oxygen atoms in total. The van der Waals surface area contributed by atoms with Crippen molar-refractivity contribution in [2.24, 2.45) is 0 Å². The number of aromatic nitrogens is 3. The van der Waals surface area contributed by atoms with Crippen LogP contribution >= 0.6 is 0 Å². The highest BCUT2D eigenvalue weighted by molar-refractivity contribution is 6.06. The monoisotopic (exact) mass is 400 g/mol. The van der Waals surface area contributed by atoms with Gasteiger partial charge in [-0.3, -0.25) is 4.79 Å². The lowest BCUT2D eigenvalue weighted by Crippen LogP contribution is -2.27. The molecule has 3 rings (SSSR count). The number of nitrogen functional groups attached to an aromatic ring is 1. The van der Waals surface area contributed by atoms with Crippen LogP contribution in [0.4, 0.5) is 5.82 Å². The van der Waals surface area contributed by atoms with E-state index in [1.807, 2.05) is 29.7 Å². The molecule has 0 unspecified atom stereocenters. The van der Waals surface area contributed by atoms with Gasteiger partial charge in [0.25, 0.3) is 0 Å². The minimum Gasteiger partial charge on any atom is -0.469 e. The number of imidazole rings is 1. The first-order chi connectivity index (χ1) is 13.7. The Labute approximate surface area is 169 Å². The van der Waals surface area contributed by atoms with Gasteiger partial charge in [0, 0.05) is 18.4 Å². The first-order valence-electron chi connectivity index (χ1n) is 9.67. The molecule has 156 valence electrons.